The fraction of sp³-hybridized carbons (Fsp3) is 0.286. The third kappa shape index (κ3) is 2.97. The van der Waals surface area contributed by atoms with Crippen LogP contribution in [0, 0.1) is 0 Å². The normalized spacial score (nSPS) is 9.93. The van der Waals surface area contributed by atoms with E-state index in [1.807, 2.05) is 0 Å². The van der Waals surface area contributed by atoms with Crippen molar-refractivity contribution in [1.82, 2.24) is 9.97 Å². The zero-order valence-electron chi connectivity index (χ0n) is 6.93. The highest BCUT2D eigenvalue weighted by Crippen LogP contribution is 2.25. The molecule has 0 fully saturated rings. The van der Waals surface area contributed by atoms with E-state index in [1.54, 1.807) is 0 Å². The lowest BCUT2D eigenvalue weighted by Crippen LogP contribution is -2.13. The molecule has 0 radical (unpaired) electrons. The van der Waals surface area contributed by atoms with Gasteiger partial charge >= 0.3 is 0 Å². The minimum absolute atomic E-state index is 0.0999. The van der Waals surface area contributed by atoms with Crippen LogP contribution in [-0.4, -0.2) is 21.8 Å². The molecular formula is C7H6Cl3N3O. The Balaban J connectivity index is 2.76. The molecule has 0 aliphatic carbocycles. The molecule has 0 saturated heterocycles. The van der Waals surface area contributed by atoms with Crippen LogP contribution in [0.15, 0.2) is 6.33 Å². The van der Waals surface area contributed by atoms with Crippen LogP contribution >= 0.6 is 34.8 Å². The van der Waals surface area contributed by atoms with Crippen LogP contribution in [0.25, 0.3) is 0 Å². The van der Waals surface area contributed by atoms with Gasteiger partial charge in [-0.3, -0.25) is 4.79 Å². The predicted octanol–water partition coefficient (Wildman–Crippen LogP) is 2.35. The molecule has 0 unspecified atom stereocenters. The highest BCUT2D eigenvalue weighted by atomic mass is 35.5. The Bertz CT molecular complexity index is 345. The van der Waals surface area contributed by atoms with Crippen molar-refractivity contribution < 1.29 is 4.79 Å². The summed E-state index contributed by atoms with van der Waals surface area (Å²) in [4.78, 5) is 18.5. The van der Waals surface area contributed by atoms with Gasteiger partial charge in [-0.05, 0) is 0 Å². The van der Waals surface area contributed by atoms with E-state index < -0.39 is 0 Å². The summed E-state index contributed by atoms with van der Waals surface area (Å²) in [5.74, 6) is 0.167. The number of hydrogen-bond acceptors (Lipinski definition) is 3. The first-order valence-electron chi connectivity index (χ1n) is 3.67. The van der Waals surface area contributed by atoms with E-state index in [4.69, 9.17) is 34.8 Å². The minimum Gasteiger partial charge on any atom is -0.309 e. The first-order valence-corrected chi connectivity index (χ1v) is 4.96. The smallest absolute Gasteiger partial charge is 0.226 e. The predicted molar refractivity (Wildman–Crippen MR) is 56.0 cm³/mol. The van der Waals surface area contributed by atoms with Gasteiger partial charge in [-0.2, -0.15) is 0 Å². The van der Waals surface area contributed by atoms with Crippen molar-refractivity contribution in [3.63, 3.8) is 0 Å². The van der Waals surface area contributed by atoms with Crippen molar-refractivity contribution in [1.29, 1.82) is 0 Å². The fourth-order valence-corrected chi connectivity index (χ4v) is 1.17. The number of aromatic nitrogens is 2. The molecule has 0 aromatic carbocycles. The zero-order valence-corrected chi connectivity index (χ0v) is 9.20. The first-order chi connectivity index (χ1) is 6.65. The third-order valence-corrected chi connectivity index (χ3v) is 2.26. The molecule has 14 heavy (non-hydrogen) atoms. The number of rotatable bonds is 3. The second-order valence-corrected chi connectivity index (χ2v) is 3.43. The second-order valence-electron chi connectivity index (χ2n) is 2.31. The van der Waals surface area contributed by atoms with Gasteiger partial charge in [-0.15, -0.1) is 11.6 Å². The zero-order chi connectivity index (χ0) is 10.6. The van der Waals surface area contributed by atoms with E-state index in [2.05, 4.69) is 15.3 Å². The van der Waals surface area contributed by atoms with Gasteiger partial charge in [0.05, 0.1) is 0 Å². The molecule has 1 amide bonds. The van der Waals surface area contributed by atoms with Crippen LogP contribution in [0.3, 0.4) is 0 Å². The summed E-state index contributed by atoms with van der Waals surface area (Å²) in [5, 5.41) is 2.68. The summed E-state index contributed by atoms with van der Waals surface area (Å²) in [6.07, 6.45) is 1.41. The summed E-state index contributed by atoms with van der Waals surface area (Å²) in [7, 11) is 0. The Kier molecular flexibility index (Phi) is 4.38. The summed E-state index contributed by atoms with van der Waals surface area (Å²) in [6, 6.07) is 0. The number of anilines is 1. The highest BCUT2D eigenvalue weighted by Gasteiger charge is 2.09. The number of nitrogens with one attached hydrogen (secondary N) is 1. The molecule has 1 rings (SSSR count). The van der Waals surface area contributed by atoms with Gasteiger partial charge in [0.2, 0.25) is 5.91 Å². The van der Waals surface area contributed by atoms with Crippen LogP contribution in [0.5, 0.6) is 0 Å². The molecule has 0 spiro atoms. The van der Waals surface area contributed by atoms with Crippen LogP contribution in [0.4, 0.5) is 5.82 Å². The topological polar surface area (TPSA) is 54.9 Å². The molecule has 0 bridgehead atoms. The molecule has 76 valence electrons. The Labute approximate surface area is 95.6 Å². The lowest BCUT2D eigenvalue weighted by atomic mass is 10.4. The van der Waals surface area contributed by atoms with Crippen molar-refractivity contribution in [3.8, 4) is 0 Å². The quantitative estimate of drug-likeness (QED) is 0.665. The third-order valence-electron chi connectivity index (χ3n) is 1.33. The van der Waals surface area contributed by atoms with Crippen LogP contribution in [-0.2, 0) is 4.79 Å². The van der Waals surface area contributed by atoms with Gasteiger partial charge in [0.25, 0.3) is 0 Å². The maximum Gasteiger partial charge on any atom is 0.226 e. The van der Waals surface area contributed by atoms with E-state index in [0.29, 0.717) is 0 Å². The largest absolute Gasteiger partial charge is 0.309 e. The summed E-state index contributed by atoms with van der Waals surface area (Å²) < 4.78 is 0. The van der Waals surface area contributed by atoms with E-state index in [0.717, 1.165) is 0 Å². The SMILES string of the molecule is O=C(CCCl)Nc1ncnc(Cl)c1Cl. The van der Waals surface area contributed by atoms with Gasteiger partial charge in [-0.1, -0.05) is 23.2 Å². The molecule has 0 saturated carbocycles. The number of carbonyl (C=O) groups excluding carboxylic acids is 1. The van der Waals surface area contributed by atoms with E-state index in [9.17, 15) is 4.79 Å². The second kappa shape index (κ2) is 5.34. The Morgan fingerprint density at radius 2 is 2.14 bits per heavy atom. The summed E-state index contributed by atoms with van der Waals surface area (Å²) >= 11 is 16.7. The average Bonchev–Trinajstić information content (AvgIpc) is 2.13. The Morgan fingerprint density at radius 1 is 1.43 bits per heavy atom. The average molecular weight is 255 g/mol. The number of alkyl halides is 1. The molecule has 0 aliphatic rings. The van der Waals surface area contributed by atoms with Crippen LogP contribution in [0.2, 0.25) is 10.2 Å². The number of nitrogens with zero attached hydrogens (tertiary/aromatic N) is 2. The van der Waals surface area contributed by atoms with E-state index >= 15 is 0 Å². The molecule has 1 aromatic rings. The molecule has 1 aromatic heterocycles. The molecule has 1 N–H and O–H groups in total. The number of hydrogen-bond donors (Lipinski definition) is 1. The van der Waals surface area contributed by atoms with E-state index in [-0.39, 0.29) is 34.2 Å². The lowest BCUT2D eigenvalue weighted by Gasteiger charge is -2.04. The van der Waals surface area contributed by atoms with Crippen molar-refractivity contribution in [2.24, 2.45) is 0 Å². The standard InChI is InChI=1S/C7H6Cl3N3O/c8-2-1-4(14)13-7-5(9)6(10)11-3-12-7/h3H,1-2H2,(H,11,12,13,14). The maximum atomic E-state index is 11.1. The van der Waals surface area contributed by atoms with Crippen molar-refractivity contribution in [3.05, 3.63) is 16.5 Å². The van der Waals surface area contributed by atoms with Gasteiger partial charge in [0.1, 0.15) is 11.3 Å². The monoisotopic (exact) mass is 253 g/mol. The van der Waals surface area contributed by atoms with Crippen molar-refractivity contribution in [2.75, 3.05) is 11.2 Å². The summed E-state index contributed by atoms with van der Waals surface area (Å²) in [6.45, 7) is 0. The minimum atomic E-state index is -0.267. The number of amides is 1. The molecule has 0 aliphatic heterocycles. The highest BCUT2D eigenvalue weighted by molar-refractivity contribution is 6.42. The summed E-state index contributed by atoms with van der Waals surface area (Å²) in [5.41, 5.74) is 0. The Morgan fingerprint density at radius 3 is 2.79 bits per heavy atom. The van der Waals surface area contributed by atoms with Crippen LogP contribution in [0.1, 0.15) is 6.42 Å². The molecule has 0 atom stereocenters. The molecule has 7 heteroatoms. The fourth-order valence-electron chi connectivity index (χ4n) is 0.716. The first kappa shape index (κ1) is 11.5. The van der Waals surface area contributed by atoms with Crippen molar-refractivity contribution >= 4 is 46.5 Å². The molecular weight excluding hydrogens is 248 g/mol. The van der Waals surface area contributed by atoms with Gasteiger partial charge in [0.15, 0.2) is 11.0 Å². The lowest BCUT2D eigenvalue weighted by molar-refractivity contribution is -0.115. The maximum absolute atomic E-state index is 11.1. The van der Waals surface area contributed by atoms with Gasteiger partial charge < -0.3 is 5.32 Å². The van der Waals surface area contributed by atoms with Gasteiger partial charge in [-0.25, -0.2) is 9.97 Å². The van der Waals surface area contributed by atoms with Crippen LogP contribution < -0.4 is 5.32 Å². The number of carbonyl (C=O) groups is 1. The number of halogens is 3. The molecule has 4 nitrogen and oxygen atoms in total. The van der Waals surface area contributed by atoms with E-state index in [1.165, 1.54) is 6.33 Å². The van der Waals surface area contributed by atoms with Crippen molar-refractivity contribution in [2.45, 2.75) is 6.42 Å². The molecule has 1 heterocycles. The van der Waals surface area contributed by atoms with Gasteiger partial charge in [0, 0.05) is 12.3 Å². The Hall–Kier alpha value is -0.580.